The molecule has 1 aliphatic carbocycles. The van der Waals surface area contributed by atoms with Gasteiger partial charge in [0.15, 0.2) is 5.16 Å². The average Bonchev–Trinajstić information content (AvgIpc) is 2.86. The highest BCUT2D eigenvalue weighted by atomic mass is 32.2. The molecule has 0 radical (unpaired) electrons. The topological polar surface area (TPSA) is 70.7 Å². The average molecular weight is 268 g/mol. The van der Waals surface area contributed by atoms with Crippen LogP contribution >= 0.6 is 11.8 Å². The molecule has 18 heavy (non-hydrogen) atoms. The first-order valence-electron chi connectivity index (χ1n) is 6.44. The first-order chi connectivity index (χ1) is 8.66. The van der Waals surface area contributed by atoms with Crippen molar-refractivity contribution in [3.05, 3.63) is 6.33 Å². The third-order valence-electron chi connectivity index (χ3n) is 3.79. The van der Waals surface area contributed by atoms with E-state index in [2.05, 4.69) is 34.3 Å². The van der Waals surface area contributed by atoms with Crippen LogP contribution in [0.5, 0.6) is 0 Å². The first-order valence-corrected chi connectivity index (χ1v) is 7.43. The lowest BCUT2D eigenvalue weighted by molar-refractivity contribution is -0.120. The molecule has 1 amide bonds. The van der Waals surface area contributed by atoms with Crippen LogP contribution in [-0.2, 0) is 4.79 Å². The van der Waals surface area contributed by atoms with Crippen molar-refractivity contribution in [2.75, 3.05) is 5.75 Å². The Morgan fingerprint density at radius 2 is 2.39 bits per heavy atom. The number of aromatic amines is 1. The van der Waals surface area contributed by atoms with Crippen LogP contribution in [0, 0.1) is 11.8 Å². The van der Waals surface area contributed by atoms with Crippen LogP contribution in [-0.4, -0.2) is 32.9 Å². The molecule has 0 unspecified atom stereocenters. The number of nitrogens with one attached hydrogen (secondary N) is 2. The van der Waals surface area contributed by atoms with Gasteiger partial charge < -0.3 is 5.32 Å². The van der Waals surface area contributed by atoms with Gasteiger partial charge in [-0.2, -0.15) is 5.10 Å². The first kappa shape index (κ1) is 13.4. The lowest BCUT2D eigenvalue weighted by Gasteiger charge is -2.34. The Morgan fingerprint density at radius 1 is 1.56 bits per heavy atom. The number of hydrogen-bond acceptors (Lipinski definition) is 4. The third-order valence-corrected chi connectivity index (χ3v) is 4.66. The summed E-state index contributed by atoms with van der Waals surface area (Å²) in [4.78, 5) is 15.8. The molecule has 6 heteroatoms. The second-order valence-electron chi connectivity index (χ2n) is 5.02. The Morgan fingerprint density at radius 3 is 3.11 bits per heavy atom. The van der Waals surface area contributed by atoms with Gasteiger partial charge in [-0.1, -0.05) is 38.5 Å². The van der Waals surface area contributed by atoms with E-state index in [-0.39, 0.29) is 5.91 Å². The molecule has 2 N–H and O–H groups in total. The standard InChI is InChI=1S/C12H20N4OS/c1-8-4-3-5-10(9(8)2)15-11(17)6-18-12-13-7-14-16-12/h7-10H,3-6H2,1-2H3,(H,15,17)(H,13,14,16)/t8-,9+,10+/m1/s1. The van der Waals surface area contributed by atoms with Crippen LogP contribution in [0.2, 0.25) is 0 Å². The summed E-state index contributed by atoms with van der Waals surface area (Å²) in [7, 11) is 0. The Hall–Kier alpha value is -1.04. The van der Waals surface area contributed by atoms with Gasteiger partial charge in [0.05, 0.1) is 5.75 Å². The quantitative estimate of drug-likeness (QED) is 0.817. The normalized spacial score (nSPS) is 28.0. The van der Waals surface area contributed by atoms with Gasteiger partial charge in [0.1, 0.15) is 6.33 Å². The molecule has 2 rings (SSSR count). The molecule has 0 bridgehead atoms. The zero-order valence-electron chi connectivity index (χ0n) is 10.8. The minimum atomic E-state index is 0.0855. The molecule has 0 saturated heterocycles. The second kappa shape index (κ2) is 6.22. The summed E-state index contributed by atoms with van der Waals surface area (Å²) in [6, 6.07) is 0.330. The van der Waals surface area contributed by atoms with E-state index in [9.17, 15) is 4.79 Å². The van der Waals surface area contributed by atoms with Crippen molar-refractivity contribution in [1.82, 2.24) is 20.5 Å². The van der Waals surface area contributed by atoms with E-state index in [1.54, 1.807) is 0 Å². The van der Waals surface area contributed by atoms with Crippen LogP contribution < -0.4 is 5.32 Å². The maximum absolute atomic E-state index is 11.9. The second-order valence-corrected chi connectivity index (χ2v) is 5.98. The number of amides is 1. The van der Waals surface area contributed by atoms with E-state index in [1.807, 2.05) is 0 Å². The summed E-state index contributed by atoms with van der Waals surface area (Å²) in [6.45, 7) is 4.50. The molecule has 5 nitrogen and oxygen atoms in total. The van der Waals surface area contributed by atoms with Crippen molar-refractivity contribution in [3.8, 4) is 0 Å². The number of aromatic nitrogens is 3. The molecule has 1 heterocycles. The van der Waals surface area contributed by atoms with Crippen LogP contribution in [0.3, 0.4) is 0 Å². The third kappa shape index (κ3) is 3.48. The number of H-pyrrole nitrogens is 1. The highest BCUT2D eigenvalue weighted by Gasteiger charge is 2.27. The van der Waals surface area contributed by atoms with E-state index >= 15 is 0 Å². The molecule has 1 aromatic rings. The van der Waals surface area contributed by atoms with Gasteiger partial charge in [-0.3, -0.25) is 9.89 Å². The van der Waals surface area contributed by atoms with Crippen molar-refractivity contribution < 1.29 is 4.79 Å². The Labute approximate surface area is 112 Å². The van der Waals surface area contributed by atoms with E-state index in [0.29, 0.717) is 28.8 Å². The van der Waals surface area contributed by atoms with Gasteiger partial charge in [0, 0.05) is 6.04 Å². The summed E-state index contributed by atoms with van der Waals surface area (Å²) in [5.74, 6) is 1.75. The maximum atomic E-state index is 11.9. The fraction of sp³-hybridized carbons (Fsp3) is 0.750. The monoisotopic (exact) mass is 268 g/mol. The minimum absolute atomic E-state index is 0.0855. The van der Waals surface area contributed by atoms with Crippen LogP contribution in [0.4, 0.5) is 0 Å². The van der Waals surface area contributed by atoms with Crippen LogP contribution in [0.15, 0.2) is 11.5 Å². The van der Waals surface area contributed by atoms with Crippen LogP contribution in [0.25, 0.3) is 0 Å². The summed E-state index contributed by atoms with van der Waals surface area (Å²) in [5.41, 5.74) is 0. The highest BCUT2D eigenvalue weighted by molar-refractivity contribution is 7.99. The lowest BCUT2D eigenvalue weighted by Crippen LogP contribution is -2.44. The van der Waals surface area contributed by atoms with Gasteiger partial charge in [-0.05, 0) is 18.3 Å². The number of carbonyl (C=O) groups excluding carboxylic acids is 1. The fourth-order valence-electron chi connectivity index (χ4n) is 2.43. The van der Waals surface area contributed by atoms with Crippen molar-refractivity contribution in [3.63, 3.8) is 0 Å². The van der Waals surface area contributed by atoms with Gasteiger partial charge in [0.25, 0.3) is 0 Å². The molecule has 1 saturated carbocycles. The molecule has 1 fully saturated rings. The predicted molar refractivity (Wildman–Crippen MR) is 71.2 cm³/mol. The number of hydrogen-bond donors (Lipinski definition) is 2. The van der Waals surface area contributed by atoms with Crippen molar-refractivity contribution >= 4 is 17.7 Å². The van der Waals surface area contributed by atoms with Gasteiger partial charge in [0.2, 0.25) is 5.91 Å². The smallest absolute Gasteiger partial charge is 0.230 e. The Bertz CT molecular complexity index is 381. The van der Waals surface area contributed by atoms with Crippen LogP contribution in [0.1, 0.15) is 33.1 Å². The Balaban J connectivity index is 1.76. The zero-order valence-corrected chi connectivity index (χ0v) is 11.7. The molecule has 3 atom stereocenters. The lowest BCUT2D eigenvalue weighted by atomic mass is 9.78. The molecule has 1 aromatic heterocycles. The zero-order chi connectivity index (χ0) is 13.0. The molecule has 0 aromatic carbocycles. The van der Waals surface area contributed by atoms with E-state index in [0.717, 1.165) is 6.42 Å². The summed E-state index contributed by atoms with van der Waals surface area (Å²) < 4.78 is 0. The highest BCUT2D eigenvalue weighted by Crippen LogP contribution is 2.29. The maximum Gasteiger partial charge on any atom is 0.230 e. The summed E-state index contributed by atoms with van der Waals surface area (Å²) in [6.07, 6.45) is 5.04. The van der Waals surface area contributed by atoms with Gasteiger partial charge in [-0.25, -0.2) is 4.98 Å². The van der Waals surface area contributed by atoms with Crippen molar-refractivity contribution in [2.24, 2.45) is 11.8 Å². The molecular weight excluding hydrogens is 248 g/mol. The van der Waals surface area contributed by atoms with Gasteiger partial charge >= 0.3 is 0 Å². The van der Waals surface area contributed by atoms with Gasteiger partial charge in [-0.15, -0.1) is 0 Å². The fourth-order valence-corrected chi connectivity index (χ4v) is 3.02. The number of carbonyl (C=O) groups is 1. The van der Waals surface area contributed by atoms with E-state index in [1.165, 1.54) is 30.9 Å². The largest absolute Gasteiger partial charge is 0.352 e. The summed E-state index contributed by atoms with van der Waals surface area (Å²) in [5, 5.41) is 10.3. The minimum Gasteiger partial charge on any atom is -0.352 e. The van der Waals surface area contributed by atoms with E-state index in [4.69, 9.17) is 0 Å². The number of nitrogens with zero attached hydrogens (tertiary/aromatic N) is 2. The van der Waals surface area contributed by atoms with E-state index < -0.39 is 0 Å². The molecular formula is C12H20N4OS. The molecule has 100 valence electrons. The number of rotatable bonds is 4. The Kier molecular flexibility index (Phi) is 4.63. The summed E-state index contributed by atoms with van der Waals surface area (Å²) >= 11 is 1.38. The van der Waals surface area contributed by atoms with Crippen molar-refractivity contribution in [1.29, 1.82) is 0 Å². The molecule has 1 aliphatic rings. The van der Waals surface area contributed by atoms with Crippen molar-refractivity contribution in [2.45, 2.75) is 44.3 Å². The molecule has 0 spiro atoms. The molecule has 0 aliphatic heterocycles. The SMILES string of the molecule is C[C@H]1[C@H](C)CCC[C@@H]1NC(=O)CSc1ncn[nH]1. The number of thioether (sulfide) groups is 1. The predicted octanol–water partition coefficient (Wildman–Crippen LogP) is 1.84.